The van der Waals surface area contributed by atoms with E-state index in [1.165, 1.54) is 34.2 Å². The number of benzene rings is 2. The number of nitrogens with zero attached hydrogens (tertiary/aromatic N) is 2. The fourth-order valence-electron chi connectivity index (χ4n) is 2.67. The van der Waals surface area contributed by atoms with Gasteiger partial charge in [-0.25, -0.2) is 0 Å². The molecule has 0 fully saturated rings. The van der Waals surface area contributed by atoms with Crippen LogP contribution >= 0.6 is 23.1 Å². The van der Waals surface area contributed by atoms with Gasteiger partial charge >= 0.3 is 0 Å². The average molecular weight is 429 g/mol. The zero-order valence-corrected chi connectivity index (χ0v) is 18.5. The highest BCUT2D eigenvalue weighted by Crippen LogP contribution is 2.28. The lowest BCUT2D eigenvalue weighted by atomic mass is 10.0. The molecule has 0 saturated carbocycles. The molecule has 0 spiro atoms. The summed E-state index contributed by atoms with van der Waals surface area (Å²) in [6, 6.07) is 13.8. The molecule has 1 heterocycles. The van der Waals surface area contributed by atoms with Gasteiger partial charge in [-0.05, 0) is 49.6 Å². The topological polar surface area (TPSA) is 76.1 Å². The summed E-state index contributed by atoms with van der Waals surface area (Å²) in [5.41, 5.74) is 4.45. The number of aromatic nitrogens is 2. The van der Waals surface area contributed by atoms with Crippen molar-refractivity contribution >= 4 is 39.8 Å². The predicted molar refractivity (Wildman–Crippen MR) is 119 cm³/mol. The third-order valence-electron chi connectivity index (χ3n) is 4.46. The van der Waals surface area contributed by atoms with Crippen LogP contribution < -0.4 is 15.4 Å². The standard InChI is InChI=1S/C21H24N4O2S2/c1-13-8-9-16(10-14(13)2)15(3)22-19(26)12-28-21-25-24-20(29-21)23-17-6-5-7-18(11-17)27-4/h5-11,15H,12H2,1-4H3,(H,22,26)(H,23,24). The van der Waals surface area contributed by atoms with Crippen molar-refractivity contribution in [3.8, 4) is 5.75 Å². The summed E-state index contributed by atoms with van der Waals surface area (Å²) in [5.74, 6) is 1.03. The number of aryl methyl sites for hydroxylation is 2. The van der Waals surface area contributed by atoms with Gasteiger partial charge in [0, 0.05) is 11.8 Å². The number of carbonyl (C=O) groups is 1. The van der Waals surface area contributed by atoms with E-state index >= 15 is 0 Å². The van der Waals surface area contributed by atoms with Crippen molar-refractivity contribution in [3.05, 3.63) is 59.2 Å². The Hall–Kier alpha value is -2.58. The molecule has 6 nitrogen and oxygen atoms in total. The number of thioether (sulfide) groups is 1. The van der Waals surface area contributed by atoms with Crippen molar-refractivity contribution in [2.75, 3.05) is 18.2 Å². The Morgan fingerprint density at radius 3 is 2.76 bits per heavy atom. The normalized spacial score (nSPS) is 11.7. The zero-order valence-electron chi connectivity index (χ0n) is 16.9. The molecule has 2 aromatic carbocycles. The molecule has 0 aliphatic rings. The molecule has 3 aromatic rings. The number of rotatable bonds is 8. The van der Waals surface area contributed by atoms with Gasteiger partial charge in [0.1, 0.15) is 5.75 Å². The van der Waals surface area contributed by atoms with Crippen LogP contribution in [0.25, 0.3) is 0 Å². The Bertz CT molecular complexity index is 990. The summed E-state index contributed by atoms with van der Waals surface area (Å²) < 4.78 is 5.96. The Labute approximate surface area is 179 Å². The second-order valence-corrected chi connectivity index (χ2v) is 8.85. The Balaban J connectivity index is 1.50. The van der Waals surface area contributed by atoms with Crippen LogP contribution in [-0.2, 0) is 4.79 Å². The number of nitrogens with one attached hydrogen (secondary N) is 2. The summed E-state index contributed by atoms with van der Waals surface area (Å²) in [6.07, 6.45) is 0. The molecule has 0 aliphatic carbocycles. The average Bonchev–Trinajstić information content (AvgIpc) is 3.16. The van der Waals surface area contributed by atoms with E-state index in [1.807, 2.05) is 31.2 Å². The maximum atomic E-state index is 12.3. The second-order valence-electron chi connectivity index (χ2n) is 6.65. The summed E-state index contributed by atoms with van der Waals surface area (Å²) in [7, 11) is 1.63. The van der Waals surface area contributed by atoms with Crippen molar-refractivity contribution in [1.82, 2.24) is 15.5 Å². The molecular formula is C21H24N4O2S2. The van der Waals surface area contributed by atoms with Crippen molar-refractivity contribution < 1.29 is 9.53 Å². The minimum atomic E-state index is -0.0397. The first-order valence-electron chi connectivity index (χ1n) is 9.18. The Morgan fingerprint density at radius 1 is 1.17 bits per heavy atom. The van der Waals surface area contributed by atoms with E-state index in [2.05, 4.69) is 52.9 Å². The monoisotopic (exact) mass is 428 g/mol. The molecular weight excluding hydrogens is 404 g/mol. The maximum Gasteiger partial charge on any atom is 0.230 e. The van der Waals surface area contributed by atoms with Crippen molar-refractivity contribution in [2.24, 2.45) is 0 Å². The van der Waals surface area contributed by atoms with Gasteiger partial charge in [0.15, 0.2) is 4.34 Å². The van der Waals surface area contributed by atoms with Crippen LogP contribution in [0.4, 0.5) is 10.8 Å². The SMILES string of the molecule is COc1cccc(Nc2nnc(SCC(=O)NC(C)c3ccc(C)c(C)c3)s2)c1. The summed E-state index contributed by atoms with van der Waals surface area (Å²) in [5, 5.41) is 15.2. The third kappa shape index (κ3) is 5.95. The smallest absolute Gasteiger partial charge is 0.230 e. The van der Waals surface area contributed by atoms with E-state index < -0.39 is 0 Å². The number of anilines is 2. The minimum absolute atomic E-state index is 0.0294. The largest absolute Gasteiger partial charge is 0.497 e. The van der Waals surface area contributed by atoms with Gasteiger partial charge in [0.05, 0.1) is 18.9 Å². The van der Waals surface area contributed by atoms with Gasteiger partial charge in [0.25, 0.3) is 0 Å². The van der Waals surface area contributed by atoms with E-state index in [-0.39, 0.29) is 11.9 Å². The van der Waals surface area contributed by atoms with Crippen LogP contribution in [0, 0.1) is 13.8 Å². The van der Waals surface area contributed by atoms with E-state index in [0.717, 1.165) is 21.3 Å². The quantitative estimate of drug-likeness (QED) is 0.498. The van der Waals surface area contributed by atoms with E-state index in [0.29, 0.717) is 10.9 Å². The molecule has 1 unspecified atom stereocenters. The highest BCUT2D eigenvalue weighted by atomic mass is 32.2. The fraction of sp³-hybridized carbons (Fsp3) is 0.286. The first kappa shape index (κ1) is 21.1. The highest BCUT2D eigenvalue weighted by Gasteiger charge is 2.12. The predicted octanol–water partition coefficient (Wildman–Crippen LogP) is 4.88. The lowest BCUT2D eigenvalue weighted by Gasteiger charge is -2.15. The first-order chi connectivity index (χ1) is 13.9. The number of hydrogen-bond acceptors (Lipinski definition) is 7. The van der Waals surface area contributed by atoms with Crippen LogP contribution in [0.5, 0.6) is 5.75 Å². The van der Waals surface area contributed by atoms with E-state index in [9.17, 15) is 4.79 Å². The summed E-state index contributed by atoms with van der Waals surface area (Å²) in [4.78, 5) is 12.3. The van der Waals surface area contributed by atoms with Gasteiger partial charge in [-0.3, -0.25) is 4.79 Å². The van der Waals surface area contributed by atoms with Crippen LogP contribution in [0.2, 0.25) is 0 Å². The first-order valence-corrected chi connectivity index (χ1v) is 11.0. The minimum Gasteiger partial charge on any atom is -0.497 e. The molecule has 8 heteroatoms. The second kappa shape index (κ2) is 9.76. The van der Waals surface area contributed by atoms with Crippen LogP contribution in [0.1, 0.15) is 29.7 Å². The van der Waals surface area contributed by atoms with Gasteiger partial charge in [0.2, 0.25) is 11.0 Å². The van der Waals surface area contributed by atoms with Gasteiger partial charge < -0.3 is 15.4 Å². The Morgan fingerprint density at radius 2 is 2.00 bits per heavy atom. The van der Waals surface area contributed by atoms with E-state index in [4.69, 9.17) is 4.74 Å². The maximum absolute atomic E-state index is 12.3. The van der Waals surface area contributed by atoms with Crippen LogP contribution in [-0.4, -0.2) is 29.0 Å². The lowest BCUT2D eigenvalue weighted by Crippen LogP contribution is -2.28. The zero-order chi connectivity index (χ0) is 20.8. The lowest BCUT2D eigenvalue weighted by molar-refractivity contribution is -0.119. The number of hydrogen-bond donors (Lipinski definition) is 2. The Kier molecular flexibility index (Phi) is 7.11. The van der Waals surface area contributed by atoms with E-state index in [1.54, 1.807) is 7.11 Å². The van der Waals surface area contributed by atoms with Crippen molar-refractivity contribution in [2.45, 2.75) is 31.2 Å². The molecule has 152 valence electrons. The third-order valence-corrected chi connectivity index (χ3v) is 6.43. The summed E-state index contributed by atoms with van der Waals surface area (Å²) >= 11 is 2.79. The molecule has 29 heavy (non-hydrogen) atoms. The van der Waals surface area contributed by atoms with Gasteiger partial charge in [-0.1, -0.05) is 47.4 Å². The number of ether oxygens (including phenoxy) is 1. The van der Waals surface area contributed by atoms with Crippen LogP contribution in [0.3, 0.4) is 0 Å². The molecule has 1 aromatic heterocycles. The number of methoxy groups -OCH3 is 1. The van der Waals surface area contributed by atoms with Crippen LogP contribution in [0.15, 0.2) is 46.8 Å². The highest BCUT2D eigenvalue weighted by molar-refractivity contribution is 8.01. The molecule has 0 radical (unpaired) electrons. The van der Waals surface area contributed by atoms with Crippen molar-refractivity contribution in [1.29, 1.82) is 0 Å². The fourth-order valence-corrected chi connectivity index (χ4v) is 4.25. The number of amides is 1. The molecule has 0 bridgehead atoms. The molecule has 2 N–H and O–H groups in total. The molecule has 0 saturated heterocycles. The molecule has 0 aliphatic heterocycles. The van der Waals surface area contributed by atoms with Crippen molar-refractivity contribution in [3.63, 3.8) is 0 Å². The molecule has 3 rings (SSSR count). The van der Waals surface area contributed by atoms with Gasteiger partial charge in [-0.2, -0.15) is 0 Å². The molecule has 1 amide bonds. The van der Waals surface area contributed by atoms with Gasteiger partial charge in [-0.15, -0.1) is 10.2 Å². The molecule has 1 atom stereocenters. The number of carbonyl (C=O) groups excluding carboxylic acids is 1. The summed E-state index contributed by atoms with van der Waals surface area (Å²) in [6.45, 7) is 6.15.